The van der Waals surface area contributed by atoms with Crippen LogP contribution in [-0.4, -0.2) is 18.8 Å². The van der Waals surface area contributed by atoms with Crippen molar-refractivity contribution in [2.24, 2.45) is 0 Å². The summed E-state index contributed by atoms with van der Waals surface area (Å²) in [6, 6.07) is 3.47. The van der Waals surface area contributed by atoms with Crippen molar-refractivity contribution in [2.75, 3.05) is 12.9 Å². The number of thioether (sulfide) groups is 1. The fraction of sp³-hybridized carbons (Fsp3) is 0.200. The molecule has 0 spiro atoms. The molecule has 1 aromatic rings. The lowest BCUT2D eigenvalue weighted by atomic mass is 10.2. The van der Waals surface area contributed by atoms with Gasteiger partial charge >= 0.3 is 5.97 Å². The van der Waals surface area contributed by atoms with Crippen molar-refractivity contribution in [1.82, 2.24) is 0 Å². The van der Waals surface area contributed by atoms with Gasteiger partial charge in [-0.05, 0) is 12.1 Å². The number of rotatable bonds is 3. The number of ether oxygens (including phenoxy) is 1. The van der Waals surface area contributed by atoms with Gasteiger partial charge in [0.1, 0.15) is 11.6 Å². The first-order chi connectivity index (χ1) is 7.58. The smallest absolute Gasteiger partial charge is 0.315 e. The molecule has 0 unspecified atom stereocenters. The Labute approximate surface area is 95.0 Å². The molecule has 0 radical (unpaired) electrons. The third-order valence-electron chi connectivity index (χ3n) is 1.69. The quantitative estimate of drug-likeness (QED) is 0.602. The summed E-state index contributed by atoms with van der Waals surface area (Å²) in [7, 11) is 1.19. The van der Waals surface area contributed by atoms with E-state index in [-0.39, 0.29) is 16.2 Å². The number of methoxy groups -OCH3 is 1. The van der Waals surface area contributed by atoms with Gasteiger partial charge in [-0.25, -0.2) is 8.78 Å². The van der Waals surface area contributed by atoms with E-state index in [9.17, 15) is 13.6 Å². The van der Waals surface area contributed by atoms with Crippen LogP contribution in [-0.2, 0) is 9.53 Å². The van der Waals surface area contributed by atoms with Crippen molar-refractivity contribution in [3.8, 4) is 6.07 Å². The minimum atomic E-state index is -0.856. The molecule has 1 rings (SSSR count). The average Bonchev–Trinajstić information content (AvgIpc) is 2.27. The van der Waals surface area contributed by atoms with Gasteiger partial charge in [-0.3, -0.25) is 4.79 Å². The predicted octanol–water partition coefficient (Wildman–Crippen LogP) is 2.10. The molecule has 0 aliphatic rings. The standard InChI is InChI=1S/C10H7F2NO2S/c1-15-9(14)5-16-10-7(11)2-6(4-13)3-8(10)12/h2-3H,5H2,1H3. The molecular weight excluding hydrogens is 236 g/mol. The van der Waals surface area contributed by atoms with Crippen LogP contribution in [0.5, 0.6) is 0 Å². The van der Waals surface area contributed by atoms with Gasteiger partial charge < -0.3 is 4.74 Å². The molecule has 0 fully saturated rings. The van der Waals surface area contributed by atoms with E-state index in [1.807, 2.05) is 0 Å². The Morgan fingerprint density at radius 3 is 2.50 bits per heavy atom. The maximum absolute atomic E-state index is 13.3. The van der Waals surface area contributed by atoms with Gasteiger partial charge in [0.05, 0.1) is 29.4 Å². The Hall–Kier alpha value is -1.61. The van der Waals surface area contributed by atoms with E-state index >= 15 is 0 Å². The van der Waals surface area contributed by atoms with Gasteiger partial charge in [0.15, 0.2) is 0 Å². The van der Waals surface area contributed by atoms with Gasteiger partial charge in [-0.1, -0.05) is 0 Å². The first-order valence-electron chi connectivity index (χ1n) is 4.17. The molecule has 0 saturated heterocycles. The molecule has 0 aliphatic carbocycles. The second-order valence-electron chi connectivity index (χ2n) is 2.75. The number of benzene rings is 1. The topological polar surface area (TPSA) is 50.1 Å². The third kappa shape index (κ3) is 2.94. The molecule has 3 nitrogen and oxygen atoms in total. The van der Waals surface area contributed by atoms with E-state index in [2.05, 4.69) is 4.74 Å². The molecule has 0 amide bonds. The van der Waals surface area contributed by atoms with Gasteiger partial charge in [0.2, 0.25) is 0 Å². The van der Waals surface area contributed by atoms with Crippen LogP contribution in [0.1, 0.15) is 5.56 Å². The maximum Gasteiger partial charge on any atom is 0.315 e. The van der Waals surface area contributed by atoms with E-state index in [1.165, 1.54) is 7.11 Å². The van der Waals surface area contributed by atoms with Gasteiger partial charge in [0, 0.05) is 0 Å². The molecule has 0 N–H and O–H groups in total. The Morgan fingerprint density at radius 2 is 2.06 bits per heavy atom. The predicted molar refractivity (Wildman–Crippen MR) is 53.8 cm³/mol. The van der Waals surface area contributed by atoms with Crippen LogP contribution < -0.4 is 0 Å². The second-order valence-corrected chi connectivity index (χ2v) is 3.73. The number of nitriles is 1. The average molecular weight is 243 g/mol. The minimum absolute atomic E-state index is 0.0996. The molecule has 16 heavy (non-hydrogen) atoms. The van der Waals surface area contributed by atoms with Crippen LogP contribution in [0.3, 0.4) is 0 Å². The molecule has 0 saturated carbocycles. The first-order valence-corrected chi connectivity index (χ1v) is 5.15. The van der Waals surface area contributed by atoms with Crippen molar-refractivity contribution in [3.05, 3.63) is 29.3 Å². The molecule has 0 heterocycles. The zero-order valence-electron chi connectivity index (χ0n) is 8.29. The van der Waals surface area contributed by atoms with Gasteiger partial charge in [0.25, 0.3) is 0 Å². The van der Waals surface area contributed by atoms with Gasteiger partial charge in [-0.2, -0.15) is 5.26 Å². The first kappa shape index (κ1) is 12.5. The number of halogens is 2. The Morgan fingerprint density at radius 1 is 1.50 bits per heavy atom. The molecule has 1 aromatic carbocycles. The van der Waals surface area contributed by atoms with E-state index in [0.29, 0.717) is 11.8 Å². The SMILES string of the molecule is COC(=O)CSc1c(F)cc(C#N)cc1F. The van der Waals surface area contributed by atoms with Crippen LogP contribution in [0.4, 0.5) is 8.78 Å². The number of hydrogen-bond acceptors (Lipinski definition) is 4. The van der Waals surface area contributed by atoms with Gasteiger partial charge in [-0.15, -0.1) is 11.8 Å². The van der Waals surface area contributed by atoms with Crippen molar-refractivity contribution in [3.63, 3.8) is 0 Å². The second kappa shape index (κ2) is 5.47. The number of hydrogen-bond donors (Lipinski definition) is 0. The summed E-state index contributed by atoms with van der Waals surface area (Å²) in [4.78, 5) is 10.5. The van der Waals surface area contributed by atoms with Crippen molar-refractivity contribution >= 4 is 17.7 Å². The zero-order chi connectivity index (χ0) is 12.1. The fourth-order valence-electron chi connectivity index (χ4n) is 0.952. The maximum atomic E-state index is 13.3. The lowest BCUT2D eigenvalue weighted by Gasteiger charge is -2.04. The summed E-state index contributed by atoms with van der Waals surface area (Å²) in [5.41, 5.74) is -0.0996. The van der Waals surface area contributed by atoms with Crippen LogP contribution >= 0.6 is 11.8 Å². The normalized spacial score (nSPS) is 9.62. The van der Waals surface area contributed by atoms with Crippen molar-refractivity contribution < 1.29 is 18.3 Å². The molecule has 84 valence electrons. The Balaban J connectivity index is 2.89. The third-order valence-corrected chi connectivity index (χ3v) is 2.75. The highest BCUT2D eigenvalue weighted by molar-refractivity contribution is 8.00. The van der Waals surface area contributed by atoms with E-state index in [0.717, 1.165) is 12.1 Å². The highest BCUT2D eigenvalue weighted by Gasteiger charge is 2.13. The van der Waals surface area contributed by atoms with Crippen molar-refractivity contribution in [2.45, 2.75) is 4.90 Å². The summed E-state index contributed by atoms with van der Waals surface area (Å²) in [6.07, 6.45) is 0. The molecule has 6 heteroatoms. The summed E-state index contributed by atoms with van der Waals surface area (Å²) in [5.74, 6) is -2.47. The highest BCUT2D eigenvalue weighted by Crippen LogP contribution is 2.26. The van der Waals surface area contributed by atoms with Crippen LogP contribution in [0.15, 0.2) is 17.0 Å². The molecular formula is C10H7F2NO2S. The monoisotopic (exact) mass is 243 g/mol. The summed E-state index contributed by atoms with van der Waals surface area (Å²) < 4.78 is 30.9. The summed E-state index contributed by atoms with van der Waals surface area (Å²) >= 11 is 0.692. The summed E-state index contributed by atoms with van der Waals surface area (Å²) in [5, 5.41) is 8.47. The fourth-order valence-corrected chi connectivity index (χ4v) is 1.73. The minimum Gasteiger partial charge on any atom is -0.468 e. The lowest BCUT2D eigenvalue weighted by molar-refractivity contribution is -0.137. The molecule has 0 aliphatic heterocycles. The number of carbonyl (C=O) groups is 1. The van der Waals surface area contributed by atoms with Crippen LogP contribution in [0, 0.1) is 23.0 Å². The Bertz CT molecular complexity index is 434. The largest absolute Gasteiger partial charge is 0.468 e. The number of carbonyl (C=O) groups excluding carboxylic acids is 1. The highest BCUT2D eigenvalue weighted by atomic mass is 32.2. The van der Waals surface area contributed by atoms with E-state index in [1.54, 1.807) is 6.07 Å². The van der Waals surface area contributed by atoms with Crippen molar-refractivity contribution in [1.29, 1.82) is 5.26 Å². The molecule has 0 atom stereocenters. The zero-order valence-corrected chi connectivity index (χ0v) is 9.11. The van der Waals surface area contributed by atoms with E-state index in [4.69, 9.17) is 5.26 Å². The molecule has 0 bridgehead atoms. The lowest BCUT2D eigenvalue weighted by Crippen LogP contribution is -2.04. The number of esters is 1. The molecule has 0 aromatic heterocycles. The van der Waals surface area contributed by atoms with Crippen LogP contribution in [0.2, 0.25) is 0 Å². The summed E-state index contributed by atoms with van der Waals surface area (Å²) in [6.45, 7) is 0. The van der Waals surface area contributed by atoms with Crippen LogP contribution in [0.25, 0.3) is 0 Å². The Kier molecular flexibility index (Phi) is 4.26. The number of nitrogens with zero attached hydrogens (tertiary/aromatic N) is 1. The van der Waals surface area contributed by atoms with E-state index < -0.39 is 17.6 Å².